The predicted molar refractivity (Wildman–Crippen MR) is 103 cm³/mol. The van der Waals surface area contributed by atoms with E-state index in [2.05, 4.69) is 10.6 Å². The molecule has 0 radical (unpaired) electrons. The fraction of sp³-hybridized carbons (Fsp3) is 0.333. The predicted octanol–water partition coefficient (Wildman–Crippen LogP) is 4.46. The van der Waals surface area contributed by atoms with Crippen molar-refractivity contribution < 1.29 is 22.8 Å². The van der Waals surface area contributed by atoms with Gasteiger partial charge in [0.15, 0.2) is 0 Å². The number of hydrogen-bond donors (Lipinski definition) is 2. The first-order chi connectivity index (χ1) is 13.7. The number of amides is 3. The van der Waals surface area contributed by atoms with Gasteiger partial charge in [-0.05, 0) is 42.2 Å². The first kappa shape index (κ1) is 20.7. The highest BCUT2D eigenvalue weighted by atomic mass is 19.4. The van der Waals surface area contributed by atoms with E-state index in [4.69, 9.17) is 0 Å². The molecular formula is C21H22F3N3O2. The van der Waals surface area contributed by atoms with Crippen molar-refractivity contribution >= 4 is 17.6 Å². The quantitative estimate of drug-likeness (QED) is 0.772. The van der Waals surface area contributed by atoms with Gasteiger partial charge in [-0.15, -0.1) is 0 Å². The summed E-state index contributed by atoms with van der Waals surface area (Å²) in [4.78, 5) is 25.6. The number of nitrogens with one attached hydrogen (secondary N) is 2. The molecule has 5 nitrogen and oxygen atoms in total. The molecule has 0 atom stereocenters. The van der Waals surface area contributed by atoms with Crippen LogP contribution < -0.4 is 10.6 Å². The first-order valence-electron chi connectivity index (χ1n) is 9.30. The van der Waals surface area contributed by atoms with E-state index in [9.17, 15) is 22.8 Å². The van der Waals surface area contributed by atoms with E-state index in [-0.39, 0.29) is 23.7 Å². The maximum Gasteiger partial charge on any atom is 0.416 e. The van der Waals surface area contributed by atoms with Crippen molar-refractivity contribution in [1.29, 1.82) is 0 Å². The highest BCUT2D eigenvalue weighted by molar-refractivity contribution is 5.89. The SMILES string of the molecule is Cc1ccc(NC(=O)NCc2cccc(CN3CCCC3=O)c2)cc1C(F)(F)F. The fourth-order valence-electron chi connectivity index (χ4n) is 3.29. The molecule has 0 aliphatic carbocycles. The smallest absolute Gasteiger partial charge is 0.338 e. The minimum atomic E-state index is -4.48. The minimum absolute atomic E-state index is 0.0710. The zero-order chi connectivity index (χ0) is 21.0. The monoisotopic (exact) mass is 405 g/mol. The highest BCUT2D eigenvalue weighted by Gasteiger charge is 2.32. The number of nitrogens with zero attached hydrogens (tertiary/aromatic N) is 1. The van der Waals surface area contributed by atoms with Crippen LogP contribution in [0.5, 0.6) is 0 Å². The lowest BCUT2D eigenvalue weighted by atomic mass is 10.1. The second kappa shape index (κ2) is 8.55. The van der Waals surface area contributed by atoms with Gasteiger partial charge in [0.2, 0.25) is 5.91 Å². The van der Waals surface area contributed by atoms with Crippen LogP contribution in [-0.4, -0.2) is 23.4 Å². The van der Waals surface area contributed by atoms with Crippen LogP contribution in [0.15, 0.2) is 42.5 Å². The molecule has 1 heterocycles. The van der Waals surface area contributed by atoms with Gasteiger partial charge in [0, 0.05) is 31.7 Å². The molecule has 2 N–H and O–H groups in total. The number of carbonyl (C=O) groups is 2. The van der Waals surface area contributed by atoms with E-state index in [1.54, 1.807) is 4.90 Å². The molecule has 154 valence electrons. The third-order valence-electron chi connectivity index (χ3n) is 4.79. The van der Waals surface area contributed by atoms with E-state index in [0.29, 0.717) is 13.0 Å². The number of aryl methyl sites for hydroxylation is 1. The third kappa shape index (κ3) is 5.49. The van der Waals surface area contributed by atoms with Crippen LogP contribution in [0.3, 0.4) is 0 Å². The van der Waals surface area contributed by atoms with Gasteiger partial charge in [0.25, 0.3) is 0 Å². The lowest BCUT2D eigenvalue weighted by Gasteiger charge is -2.16. The Morgan fingerprint density at radius 3 is 2.59 bits per heavy atom. The number of urea groups is 1. The number of halogens is 3. The van der Waals surface area contributed by atoms with Crippen LogP contribution in [0, 0.1) is 6.92 Å². The average molecular weight is 405 g/mol. The van der Waals surface area contributed by atoms with Crippen LogP contribution in [0.1, 0.15) is 35.1 Å². The lowest BCUT2D eigenvalue weighted by Crippen LogP contribution is -2.28. The molecule has 1 fully saturated rings. The molecule has 2 aromatic rings. The second-order valence-electron chi connectivity index (χ2n) is 7.07. The summed E-state index contributed by atoms with van der Waals surface area (Å²) in [6.07, 6.45) is -3.03. The van der Waals surface area contributed by atoms with Crippen molar-refractivity contribution in [2.75, 3.05) is 11.9 Å². The highest BCUT2D eigenvalue weighted by Crippen LogP contribution is 2.33. The average Bonchev–Trinajstić information content (AvgIpc) is 3.06. The Kier molecular flexibility index (Phi) is 6.10. The van der Waals surface area contributed by atoms with Crippen LogP contribution in [0.2, 0.25) is 0 Å². The minimum Gasteiger partial charge on any atom is -0.338 e. The Hall–Kier alpha value is -3.03. The topological polar surface area (TPSA) is 61.4 Å². The van der Waals surface area contributed by atoms with Crippen molar-refractivity contribution in [3.05, 3.63) is 64.7 Å². The molecule has 0 bridgehead atoms. The molecule has 2 aromatic carbocycles. The molecule has 8 heteroatoms. The molecule has 0 saturated carbocycles. The van der Waals surface area contributed by atoms with Crippen molar-refractivity contribution in [2.24, 2.45) is 0 Å². The molecule has 0 spiro atoms. The number of likely N-dealkylation sites (tertiary alicyclic amines) is 1. The summed E-state index contributed by atoms with van der Waals surface area (Å²) >= 11 is 0. The molecule has 0 aromatic heterocycles. The number of hydrogen-bond acceptors (Lipinski definition) is 2. The summed E-state index contributed by atoms with van der Waals surface area (Å²) in [5.41, 5.74) is 1.19. The molecule has 1 aliphatic heterocycles. The molecule has 3 amide bonds. The molecule has 1 aliphatic rings. The summed E-state index contributed by atoms with van der Waals surface area (Å²) in [6.45, 7) is 2.86. The van der Waals surface area contributed by atoms with Crippen molar-refractivity contribution in [1.82, 2.24) is 10.2 Å². The van der Waals surface area contributed by atoms with E-state index in [1.165, 1.54) is 19.1 Å². The van der Waals surface area contributed by atoms with E-state index >= 15 is 0 Å². The summed E-state index contributed by atoms with van der Waals surface area (Å²) in [5.74, 6) is 0.143. The summed E-state index contributed by atoms with van der Waals surface area (Å²) in [6, 6.07) is 10.6. The van der Waals surface area contributed by atoms with Crippen LogP contribution in [-0.2, 0) is 24.1 Å². The third-order valence-corrected chi connectivity index (χ3v) is 4.79. The first-order valence-corrected chi connectivity index (χ1v) is 9.30. The zero-order valence-corrected chi connectivity index (χ0v) is 16.0. The van der Waals surface area contributed by atoms with Crippen LogP contribution in [0.4, 0.5) is 23.7 Å². The maximum atomic E-state index is 13.0. The maximum absolute atomic E-state index is 13.0. The van der Waals surface area contributed by atoms with Gasteiger partial charge >= 0.3 is 12.2 Å². The standard InChI is InChI=1S/C21H22F3N3O2/c1-14-7-8-17(11-18(14)21(22,23)24)26-20(29)25-12-15-4-2-5-16(10-15)13-27-9-3-6-19(27)28/h2,4-5,7-8,10-11H,3,6,9,12-13H2,1H3,(H2,25,26,29). The number of benzene rings is 2. The van der Waals surface area contributed by atoms with E-state index in [0.717, 1.165) is 30.2 Å². The van der Waals surface area contributed by atoms with Gasteiger partial charge in [0.1, 0.15) is 0 Å². The van der Waals surface area contributed by atoms with Gasteiger partial charge < -0.3 is 15.5 Å². The Labute approximate surface area is 166 Å². The molecule has 0 unspecified atom stereocenters. The zero-order valence-electron chi connectivity index (χ0n) is 16.0. The van der Waals surface area contributed by atoms with Crippen LogP contribution >= 0.6 is 0 Å². The van der Waals surface area contributed by atoms with Crippen molar-refractivity contribution in [3.8, 4) is 0 Å². The summed E-state index contributed by atoms with van der Waals surface area (Å²) in [7, 11) is 0. The Morgan fingerprint density at radius 2 is 1.90 bits per heavy atom. The Morgan fingerprint density at radius 1 is 1.14 bits per heavy atom. The van der Waals surface area contributed by atoms with Gasteiger partial charge in [-0.1, -0.05) is 30.3 Å². The lowest BCUT2D eigenvalue weighted by molar-refractivity contribution is -0.138. The Bertz CT molecular complexity index is 912. The molecule has 1 saturated heterocycles. The van der Waals surface area contributed by atoms with Gasteiger partial charge in [-0.25, -0.2) is 4.79 Å². The van der Waals surface area contributed by atoms with Gasteiger partial charge in [0.05, 0.1) is 5.56 Å². The number of rotatable bonds is 5. The number of carbonyl (C=O) groups excluding carboxylic acids is 2. The fourth-order valence-corrected chi connectivity index (χ4v) is 3.29. The molecule has 3 rings (SSSR count). The van der Waals surface area contributed by atoms with Crippen molar-refractivity contribution in [2.45, 2.75) is 39.0 Å². The summed E-state index contributed by atoms with van der Waals surface area (Å²) < 4.78 is 39.0. The summed E-state index contributed by atoms with van der Waals surface area (Å²) in [5, 5.41) is 5.07. The largest absolute Gasteiger partial charge is 0.416 e. The Balaban J connectivity index is 1.57. The van der Waals surface area contributed by atoms with Crippen molar-refractivity contribution in [3.63, 3.8) is 0 Å². The van der Waals surface area contributed by atoms with E-state index < -0.39 is 17.8 Å². The van der Waals surface area contributed by atoms with E-state index in [1.807, 2.05) is 24.3 Å². The van der Waals surface area contributed by atoms with Gasteiger partial charge in [-0.2, -0.15) is 13.2 Å². The molecule has 29 heavy (non-hydrogen) atoms. The normalized spacial score (nSPS) is 14.2. The van der Waals surface area contributed by atoms with Crippen LogP contribution in [0.25, 0.3) is 0 Å². The van der Waals surface area contributed by atoms with Gasteiger partial charge in [-0.3, -0.25) is 4.79 Å². The molecular weight excluding hydrogens is 383 g/mol. The second-order valence-corrected chi connectivity index (χ2v) is 7.07. The number of anilines is 1. The number of alkyl halides is 3.